The Kier molecular flexibility index (Phi) is 10.4. The Morgan fingerprint density at radius 1 is 1.00 bits per heavy atom. The van der Waals surface area contributed by atoms with E-state index in [4.69, 9.17) is 0 Å². The van der Waals surface area contributed by atoms with Crippen molar-refractivity contribution in [2.24, 2.45) is 0 Å². The molecule has 0 radical (unpaired) electrons. The smallest absolute Gasteiger partial charge is 0.349 e. The molecule has 0 bridgehead atoms. The summed E-state index contributed by atoms with van der Waals surface area (Å²) in [5, 5.41) is 9.09. The molecule has 2 amide bonds. The van der Waals surface area contributed by atoms with Gasteiger partial charge >= 0.3 is 6.18 Å². The van der Waals surface area contributed by atoms with E-state index in [0.29, 0.717) is 49.2 Å². The molecule has 11 heteroatoms. The maximum atomic E-state index is 13.3. The second kappa shape index (κ2) is 14.2. The van der Waals surface area contributed by atoms with Crippen molar-refractivity contribution in [1.29, 1.82) is 0 Å². The third kappa shape index (κ3) is 8.95. The Balaban J connectivity index is 1.37. The van der Waals surface area contributed by atoms with Crippen LogP contribution in [0.4, 0.5) is 13.2 Å². The Labute approximate surface area is 246 Å². The molecule has 42 heavy (non-hydrogen) atoms. The zero-order chi connectivity index (χ0) is 30.1. The van der Waals surface area contributed by atoms with Crippen LogP contribution in [0, 0.1) is 6.92 Å². The quantitative estimate of drug-likeness (QED) is 0.207. The summed E-state index contributed by atoms with van der Waals surface area (Å²) in [6.07, 6.45) is -2.10. The average Bonchev–Trinajstić information content (AvgIpc) is 3.39. The Hall–Kier alpha value is -4.09. The Morgan fingerprint density at radius 2 is 1.76 bits per heavy atom. The number of thiazole rings is 1. The van der Waals surface area contributed by atoms with Crippen LogP contribution >= 0.6 is 11.3 Å². The summed E-state index contributed by atoms with van der Waals surface area (Å²) in [4.78, 5) is 35.8. The van der Waals surface area contributed by atoms with E-state index in [2.05, 4.69) is 20.6 Å². The average molecular weight is 596 g/mol. The minimum absolute atomic E-state index is 0.208. The van der Waals surface area contributed by atoms with Gasteiger partial charge in [-0.05, 0) is 61.7 Å². The lowest BCUT2D eigenvalue weighted by atomic mass is 10.0. The van der Waals surface area contributed by atoms with Crippen LogP contribution in [-0.4, -0.2) is 46.3 Å². The van der Waals surface area contributed by atoms with E-state index in [1.54, 1.807) is 36.2 Å². The van der Waals surface area contributed by atoms with E-state index in [1.165, 1.54) is 23.6 Å². The summed E-state index contributed by atoms with van der Waals surface area (Å²) < 4.78 is 38.3. The molecule has 0 saturated heterocycles. The summed E-state index contributed by atoms with van der Waals surface area (Å²) in [6.45, 7) is 3.14. The first-order chi connectivity index (χ1) is 20.1. The van der Waals surface area contributed by atoms with Crippen LogP contribution in [0.5, 0.6) is 0 Å². The molecule has 0 aliphatic carbocycles. The molecule has 2 heterocycles. The Morgan fingerprint density at radius 3 is 2.43 bits per heavy atom. The SMILES string of the molecule is Cc1csc(CN(C)C(=O)c2cccc(C(=O)N[C@H](CCNCc3ccc(C(F)(F)F)nc3)Cc3ccccc3)c2)n1. The molecule has 2 aromatic heterocycles. The molecule has 4 rings (SSSR count). The number of halogens is 3. The number of pyridine rings is 1. The second-order valence-electron chi connectivity index (χ2n) is 10.00. The van der Waals surface area contributed by atoms with Crippen LogP contribution in [0.15, 0.2) is 78.3 Å². The summed E-state index contributed by atoms with van der Waals surface area (Å²) in [7, 11) is 1.70. The van der Waals surface area contributed by atoms with Gasteiger partial charge in [-0.3, -0.25) is 14.6 Å². The van der Waals surface area contributed by atoms with Crippen molar-refractivity contribution in [2.45, 2.75) is 45.1 Å². The highest BCUT2D eigenvalue weighted by atomic mass is 32.1. The standard InChI is InChI=1S/C31H32F3N5O2S/c1-21-20-42-28(37-21)19-39(2)30(41)25-10-6-9-24(16-25)29(40)38-26(15-22-7-4-3-5-8-22)13-14-35-17-23-11-12-27(36-18-23)31(32,33)34/h3-12,16,18,20,26,35H,13-15,17,19H2,1-2H3,(H,38,40)/t26-/m1/s1. The molecule has 0 fully saturated rings. The number of rotatable bonds is 12. The maximum Gasteiger partial charge on any atom is 0.433 e. The molecule has 7 nitrogen and oxygen atoms in total. The topological polar surface area (TPSA) is 87.2 Å². The fourth-order valence-electron chi connectivity index (χ4n) is 4.36. The number of hydrogen-bond donors (Lipinski definition) is 2. The van der Waals surface area contributed by atoms with Gasteiger partial charge in [-0.25, -0.2) is 4.98 Å². The van der Waals surface area contributed by atoms with Crippen molar-refractivity contribution in [1.82, 2.24) is 25.5 Å². The van der Waals surface area contributed by atoms with Crippen LogP contribution < -0.4 is 10.6 Å². The van der Waals surface area contributed by atoms with Crippen LogP contribution in [0.1, 0.15) is 54.7 Å². The summed E-state index contributed by atoms with van der Waals surface area (Å²) in [6, 6.07) is 18.5. The van der Waals surface area contributed by atoms with Gasteiger partial charge in [0.1, 0.15) is 10.7 Å². The zero-order valence-electron chi connectivity index (χ0n) is 23.3. The van der Waals surface area contributed by atoms with E-state index in [0.717, 1.165) is 22.3 Å². The van der Waals surface area contributed by atoms with Crippen LogP contribution in [0.3, 0.4) is 0 Å². The molecular formula is C31H32F3N5O2S. The van der Waals surface area contributed by atoms with Gasteiger partial charge in [-0.15, -0.1) is 11.3 Å². The third-order valence-electron chi connectivity index (χ3n) is 6.53. The third-order valence-corrected chi connectivity index (χ3v) is 7.48. The van der Waals surface area contributed by atoms with Crippen LogP contribution in [0.2, 0.25) is 0 Å². The molecule has 4 aromatic rings. The van der Waals surface area contributed by atoms with Crippen molar-refractivity contribution in [3.8, 4) is 0 Å². The predicted molar refractivity (Wildman–Crippen MR) is 156 cm³/mol. The van der Waals surface area contributed by atoms with E-state index < -0.39 is 11.9 Å². The maximum absolute atomic E-state index is 13.3. The normalized spacial score (nSPS) is 12.1. The zero-order valence-corrected chi connectivity index (χ0v) is 24.1. The van der Waals surface area contributed by atoms with E-state index in [9.17, 15) is 22.8 Å². The van der Waals surface area contributed by atoms with E-state index >= 15 is 0 Å². The van der Waals surface area contributed by atoms with Gasteiger partial charge in [-0.2, -0.15) is 13.2 Å². The number of aromatic nitrogens is 2. The molecule has 0 saturated carbocycles. The fourth-order valence-corrected chi connectivity index (χ4v) is 5.19. The number of amides is 2. The molecule has 0 unspecified atom stereocenters. The van der Waals surface area contributed by atoms with Crippen molar-refractivity contribution in [3.63, 3.8) is 0 Å². The van der Waals surface area contributed by atoms with Gasteiger partial charge < -0.3 is 15.5 Å². The highest BCUT2D eigenvalue weighted by Crippen LogP contribution is 2.27. The minimum Gasteiger partial charge on any atom is -0.349 e. The summed E-state index contributed by atoms with van der Waals surface area (Å²) >= 11 is 1.50. The van der Waals surface area contributed by atoms with Gasteiger partial charge in [0.05, 0.1) is 6.54 Å². The van der Waals surface area contributed by atoms with E-state index in [-0.39, 0.29) is 17.9 Å². The van der Waals surface area contributed by atoms with Gasteiger partial charge in [0.25, 0.3) is 11.8 Å². The molecule has 0 aliphatic rings. The number of carbonyl (C=O) groups is 2. The molecule has 220 valence electrons. The molecular weight excluding hydrogens is 563 g/mol. The monoisotopic (exact) mass is 595 g/mol. The highest BCUT2D eigenvalue weighted by Gasteiger charge is 2.32. The first kappa shape index (κ1) is 30.9. The number of nitrogens with zero attached hydrogens (tertiary/aromatic N) is 3. The summed E-state index contributed by atoms with van der Waals surface area (Å²) in [5.41, 5.74) is 2.45. The van der Waals surface area contributed by atoms with E-state index in [1.807, 2.05) is 42.6 Å². The lowest BCUT2D eigenvalue weighted by Gasteiger charge is -2.20. The van der Waals surface area contributed by atoms with Crippen LogP contribution in [0.25, 0.3) is 0 Å². The first-order valence-electron chi connectivity index (χ1n) is 13.4. The van der Waals surface area contributed by atoms with Gasteiger partial charge in [-0.1, -0.05) is 42.5 Å². The number of alkyl halides is 3. The second-order valence-corrected chi connectivity index (χ2v) is 10.9. The van der Waals surface area contributed by atoms with Crippen molar-refractivity contribution in [3.05, 3.63) is 117 Å². The summed E-state index contributed by atoms with van der Waals surface area (Å²) in [5.74, 6) is -0.504. The van der Waals surface area contributed by atoms with Crippen molar-refractivity contribution in [2.75, 3.05) is 13.6 Å². The number of hydrogen-bond acceptors (Lipinski definition) is 6. The van der Waals surface area contributed by atoms with Gasteiger partial charge in [0, 0.05) is 48.0 Å². The molecule has 1 atom stereocenters. The molecule has 2 N–H and O–H groups in total. The molecule has 0 aliphatic heterocycles. The molecule has 0 spiro atoms. The number of carbonyl (C=O) groups excluding carboxylic acids is 2. The van der Waals surface area contributed by atoms with Gasteiger partial charge in [0.2, 0.25) is 0 Å². The predicted octanol–water partition coefficient (Wildman–Crippen LogP) is 5.66. The van der Waals surface area contributed by atoms with Crippen molar-refractivity contribution < 1.29 is 22.8 Å². The fraction of sp³-hybridized carbons (Fsp3) is 0.290. The largest absolute Gasteiger partial charge is 0.433 e. The number of aryl methyl sites for hydroxylation is 1. The minimum atomic E-state index is -4.47. The number of nitrogens with one attached hydrogen (secondary N) is 2. The van der Waals surface area contributed by atoms with Gasteiger partial charge in [0.15, 0.2) is 0 Å². The Bertz CT molecular complexity index is 1480. The lowest BCUT2D eigenvalue weighted by Crippen LogP contribution is -2.38. The lowest BCUT2D eigenvalue weighted by molar-refractivity contribution is -0.141. The molecule has 2 aromatic carbocycles. The van der Waals surface area contributed by atoms with Crippen LogP contribution in [-0.2, 0) is 25.7 Å². The first-order valence-corrected chi connectivity index (χ1v) is 14.3. The highest BCUT2D eigenvalue weighted by molar-refractivity contribution is 7.09. The van der Waals surface area contributed by atoms with Crippen molar-refractivity contribution >= 4 is 23.2 Å². The number of benzene rings is 2.